The normalized spacial score (nSPS) is 11.4. The van der Waals surface area contributed by atoms with E-state index >= 15 is 0 Å². The van der Waals surface area contributed by atoms with Gasteiger partial charge in [-0.2, -0.15) is 0 Å². The first-order chi connectivity index (χ1) is 7.39. The van der Waals surface area contributed by atoms with Crippen molar-refractivity contribution >= 4 is 34.2 Å². The third kappa shape index (κ3) is 3.27. The molecule has 0 radical (unpaired) electrons. The van der Waals surface area contributed by atoms with E-state index in [9.17, 15) is 13.2 Å². The molecule has 90 valence electrons. The molecule has 0 atom stereocenters. The van der Waals surface area contributed by atoms with Crippen LogP contribution in [0.15, 0.2) is 6.20 Å². The SMILES string of the molecule is COc1c(CCl)cnc(I)c1OC(F)(F)F. The van der Waals surface area contributed by atoms with Crippen LogP contribution in [0.25, 0.3) is 0 Å². The topological polar surface area (TPSA) is 31.4 Å². The Morgan fingerprint density at radius 3 is 2.50 bits per heavy atom. The summed E-state index contributed by atoms with van der Waals surface area (Å²) >= 11 is 7.17. The van der Waals surface area contributed by atoms with Gasteiger partial charge >= 0.3 is 6.36 Å². The lowest BCUT2D eigenvalue weighted by Gasteiger charge is -2.15. The number of halogens is 5. The van der Waals surface area contributed by atoms with Crippen LogP contribution < -0.4 is 9.47 Å². The first kappa shape index (κ1) is 13.6. The Hall–Kier alpha value is -0.440. The fraction of sp³-hybridized carbons (Fsp3) is 0.375. The minimum atomic E-state index is -4.79. The maximum Gasteiger partial charge on any atom is 0.573 e. The Balaban J connectivity index is 3.23. The summed E-state index contributed by atoms with van der Waals surface area (Å²) in [6.07, 6.45) is -3.45. The van der Waals surface area contributed by atoms with Crippen LogP contribution in [0.2, 0.25) is 0 Å². The second-order valence-electron chi connectivity index (χ2n) is 2.62. The van der Waals surface area contributed by atoms with Crippen LogP contribution in [0.4, 0.5) is 13.2 Å². The van der Waals surface area contributed by atoms with Gasteiger partial charge in [0, 0.05) is 11.8 Å². The van der Waals surface area contributed by atoms with Crippen molar-refractivity contribution in [1.82, 2.24) is 4.98 Å². The van der Waals surface area contributed by atoms with Gasteiger partial charge in [0.05, 0.1) is 13.0 Å². The Kier molecular flexibility index (Phi) is 4.48. The van der Waals surface area contributed by atoms with Gasteiger partial charge in [-0.25, -0.2) is 4.98 Å². The van der Waals surface area contributed by atoms with Crippen molar-refractivity contribution in [2.45, 2.75) is 12.2 Å². The molecule has 0 aliphatic rings. The van der Waals surface area contributed by atoms with Crippen LogP contribution in [0.5, 0.6) is 11.5 Å². The van der Waals surface area contributed by atoms with Gasteiger partial charge in [-0.15, -0.1) is 24.8 Å². The summed E-state index contributed by atoms with van der Waals surface area (Å²) in [7, 11) is 1.24. The van der Waals surface area contributed by atoms with Gasteiger partial charge in [0.1, 0.15) is 3.70 Å². The molecule has 1 aromatic rings. The summed E-state index contributed by atoms with van der Waals surface area (Å²) in [6, 6.07) is 0. The molecule has 1 rings (SSSR count). The molecule has 0 fully saturated rings. The number of hydrogen-bond acceptors (Lipinski definition) is 3. The fourth-order valence-electron chi connectivity index (χ4n) is 1.01. The second-order valence-corrected chi connectivity index (χ2v) is 3.91. The van der Waals surface area contributed by atoms with E-state index in [1.54, 1.807) is 22.6 Å². The molecule has 0 spiro atoms. The first-order valence-corrected chi connectivity index (χ1v) is 5.53. The largest absolute Gasteiger partial charge is 0.573 e. The molecular formula is C8H6ClF3INO2. The van der Waals surface area contributed by atoms with E-state index < -0.39 is 12.1 Å². The first-order valence-electron chi connectivity index (χ1n) is 3.92. The highest BCUT2D eigenvalue weighted by Gasteiger charge is 2.34. The highest BCUT2D eigenvalue weighted by molar-refractivity contribution is 14.1. The Bertz CT molecular complexity index is 386. The zero-order valence-corrected chi connectivity index (χ0v) is 10.9. The number of alkyl halides is 4. The van der Waals surface area contributed by atoms with Crippen molar-refractivity contribution in [3.63, 3.8) is 0 Å². The lowest BCUT2D eigenvalue weighted by molar-refractivity contribution is -0.275. The number of hydrogen-bond donors (Lipinski definition) is 0. The number of methoxy groups -OCH3 is 1. The zero-order chi connectivity index (χ0) is 12.3. The average molecular weight is 367 g/mol. The number of nitrogens with zero attached hydrogens (tertiary/aromatic N) is 1. The predicted octanol–water partition coefficient (Wildman–Crippen LogP) is 3.33. The minimum absolute atomic E-state index is 0.0126. The molecule has 1 heterocycles. The van der Waals surface area contributed by atoms with E-state index in [4.69, 9.17) is 16.3 Å². The third-order valence-corrected chi connectivity index (χ3v) is 2.64. The Morgan fingerprint density at radius 2 is 2.06 bits per heavy atom. The average Bonchev–Trinajstić information content (AvgIpc) is 2.19. The Morgan fingerprint density at radius 1 is 1.44 bits per heavy atom. The molecule has 1 aromatic heterocycles. The molecule has 0 saturated heterocycles. The van der Waals surface area contributed by atoms with Gasteiger partial charge in [-0.3, -0.25) is 0 Å². The predicted molar refractivity (Wildman–Crippen MR) is 59.7 cm³/mol. The van der Waals surface area contributed by atoms with Crippen LogP contribution in [-0.4, -0.2) is 18.5 Å². The van der Waals surface area contributed by atoms with Crippen molar-refractivity contribution in [1.29, 1.82) is 0 Å². The van der Waals surface area contributed by atoms with E-state index in [0.717, 1.165) is 0 Å². The molecular weight excluding hydrogens is 361 g/mol. The maximum absolute atomic E-state index is 12.1. The quantitative estimate of drug-likeness (QED) is 0.467. The summed E-state index contributed by atoms with van der Waals surface area (Å²) in [5, 5.41) is 0. The lowest BCUT2D eigenvalue weighted by atomic mass is 10.3. The van der Waals surface area contributed by atoms with E-state index in [1.165, 1.54) is 13.3 Å². The lowest BCUT2D eigenvalue weighted by Crippen LogP contribution is -2.19. The van der Waals surface area contributed by atoms with Crippen molar-refractivity contribution in [2.75, 3.05) is 7.11 Å². The van der Waals surface area contributed by atoms with E-state index in [0.29, 0.717) is 5.56 Å². The molecule has 0 N–H and O–H groups in total. The minimum Gasteiger partial charge on any atom is -0.492 e. The molecule has 0 bridgehead atoms. The van der Waals surface area contributed by atoms with Crippen LogP contribution in [0.3, 0.4) is 0 Å². The van der Waals surface area contributed by atoms with Gasteiger partial charge in [-0.1, -0.05) is 0 Å². The van der Waals surface area contributed by atoms with Crippen molar-refractivity contribution in [3.8, 4) is 11.5 Å². The molecule has 0 saturated carbocycles. The van der Waals surface area contributed by atoms with Crippen molar-refractivity contribution < 1.29 is 22.6 Å². The van der Waals surface area contributed by atoms with E-state index in [2.05, 4.69) is 9.72 Å². The molecule has 16 heavy (non-hydrogen) atoms. The second kappa shape index (κ2) is 5.26. The maximum atomic E-state index is 12.1. The zero-order valence-electron chi connectivity index (χ0n) is 7.94. The smallest absolute Gasteiger partial charge is 0.492 e. The van der Waals surface area contributed by atoms with Crippen LogP contribution in [0.1, 0.15) is 5.56 Å². The summed E-state index contributed by atoms with van der Waals surface area (Å²) in [6.45, 7) is 0. The number of pyridine rings is 1. The van der Waals surface area contributed by atoms with Crippen LogP contribution in [-0.2, 0) is 5.88 Å². The summed E-state index contributed by atoms with van der Waals surface area (Å²) in [5.74, 6) is -0.526. The van der Waals surface area contributed by atoms with Gasteiger partial charge < -0.3 is 9.47 Å². The highest BCUT2D eigenvalue weighted by Crippen LogP contribution is 2.38. The number of aromatic nitrogens is 1. The molecule has 0 aliphatic heterocycles. The molecule has 0 aliphatic carbocycles. The molecule has 0 aromatic carbocycles. The fourth-order valence-corrected chi connectivity index (χ4v) is 1.70. The monoisotopic (exact) mass is 367 g/mol. The standard InChI is InChI=1S/C8H6ClF3INO2/c1-15-5-4(2-9)3-14-7(13)6(5)16-8(10,11)12/h3H,2H2,1H3. The summed E-state index contributed by atoms with van der Waals surface area (Å²) in [4.78, 5) is 3.74. The molecule has 3 nitrogen and oxygen atoms in total. The van der Waals surface area contributed by atoms with Gasteiger partial charge in [0.15, 0.2) is 5.75 Å². The van der Waals surface area contributed by atoms with Crippen molar-refractivity contribution in [2.24, 2.45) is 0 Å². The summed E-state index contributed by atoms with van der Waals surface area (Å²) < 4.78 is 45.1. The van der Waals surface area contributed by atoms with Gasteiger partial charge in [0.2, 0.25) is 5.75 Å². The number of rotatable bonds is 3. The molecule has 0 unspecified atom stereocenters. The van der Waals surface area contributed by atoms with Gasteiger partial charge in [-0.05, 0) is 22.6 Å². The molecule has 0 amide bonds. The van der Waals surface area contributed by atoms with Crippen molar-refractivity contribution in [3.05, 3.63) is 15.5 Å². The third-order valence-electron chi connectivity index (χ3n) is 1.58. The van der Waals surface area contributed by atoms with Crippen LogP contribution >= 0.6 is 34.2 Å². The van der Waals surface area contributed by atoms with Crippen LogP contribution in [0, 0.1) is 3.70 Å². The van der Waals surface area contributed by atoms with Gasteiger partial charge in [0.25, 0.3) is 0 Å². The highest BCUT2D eigenvalue weighted by atomic mass is 127. The van der Waals surface area contributed by atoms with E-state index in [-0.39, 0.29) is 15.3 Å². The Labute approximate surface area is 108 Å². The van der Waals surface area contributed by atoms with E-state index in [1.807, 2.05) is 0 Å². The summed E-state index contributed by atoms with van der Waals surface area (Å²) in [5.41, 5.74) is 0.337. The number of ether oxygens (including phenoxy) is 2. The molecule has 8 heteroatoms.